The number of carbonyl (C=O) groups is 1. The molecule has 1 amide bonds. The van der Waals surface area contributed by atoms with E-state index >= 15 is 0 Å². The molecule has 0 saturated carbocycles. The zero-order valence-electron chi connectivity index (χ0n) is 16.0. The van der Waals surface area contributed by atoms with Crippen molar-refractivity contribution in [1.29, 1.82) is 0 Å². The number of aromatic amines is 1. The van der Waals surface area contributed by atoms with Gasteiger partial charge in [-0.25, -0.2) is 0 Å². The molecule has 0 spiro atoms. The van der Waals surface area contributed by atoms with Crippen molar-refractivity contribution in [2.45, 2.75) is 30.8 Å². The molecule has 2 aromatic carbocycles. The Bertz CT molecular complexity index is 1090. The summed E-state index contributed by atoms with van der Waals surface area (Å²) in [6.07, 6.45) is 2.31. The van der Waals surface area contributed by atoms with Gasteiger partial charge in [0.25, 0.3) is 5.91 Å². The Kier molecular flexibility index (Phi) is 3.68. The number of phenolic OH excluding ortho intramolecular Hbond substituents is 1. The fraction of sp³-hybridized carbons (Fsp3) is 0.409. The Morgan fingerprint density at radius 3 is 2.69 bits per heavy atom. The number of amides is 1. The Hall–Kier alpha value is -2.93. The number of aromatic hydroxyl groups is 1. The van der Waals surface area contributed by atoms with Crippen molar-refractivity contribution in [2.75, 3.05) is 19.6 Å². The molecule has 7 rings (SSSR count). The van der Waals surface area contributed by atoms with Crippen LogP contribution in [-0.2, 0) is 0 Å². The first kappa shape index (κ1) is 17.0. The molecule has 4 saturated heterocycles. The average Bonchev–Trinajstić information content (AvgIpc) is 3.39. The minimum atomic E-state index is 0.0707. The number of likely N-dealkylation sites (tertiary alicyclic amines) is 1. The van der Waals surface area contributed by atoms with Crippen LogP contribution in [0.3, 0.4) is 0 Å². The van der Waals surface area contributed by atoms with Crippen LogP contribution in [0.5, 0.6) is 5.75 Å². The maximum absolute atomic E-state index is 13.6. The number of aromatic nitrogens is 3. The standard InChI is InChI=1S/C22H23N5O2/c28-16-3-1-2-14(10-16)17-12-27(20-13-6-8-26(9-7-13)21(17)20)22(29)15-4-5-18-19(11-15)24-25-23-18/h1-5,10-11,13,17,20-21,28H,6-9,12H2,(H,23,24,25)/t17-,20+,21+/m0/s1. The van der Waals surface area contributed by atoms with E-state index in [0.29, 0.717) is 29.6 Å². The molecule has 1 aromatic heterocycles. The van der Waals surface area contributed by atoms with E-state index in [1.807, 2.05) is 30.3 Å². The molecule has 4 fully saturated rings. The van der Waals surface area contributed by atoms with Gasteiger partial charge in [0.05, 0.1) is 6.04 Å². The van der Waals surface area contributed by atoms with Crippen molar-refractivity contribution in [2.24, 2.45) is 5.92 Å². The number of fused-ring (bicyclic) bond motifs is 3. The number of phenols is 1. The van der Waals surface area contributed by atoms with Gasteiger partial charge in [0.1, 0.15) is 16.8 Å². The van der Waals surface area contributed by atoms with Crippen molar-refractivity contribution in [3.63, 3.8) is 0 Å². The molecule has 7 nitrogen and oxygen atoms in total. The number of rotatable bonds is 2. The highest BCUT2D eigenvalue weighted by Crippen LogP contribution is 2.47. The molecular weight excluding hydrogens is 366 g/mol. The van der Waals surface area contributed by atoms with Gasteiger partial charge >= 0.3 is 0 Å². The van der Waals surface area contributed by atoms with Gasteiger partial charge in [-0.05, 0) is 67.7 Å². The van der Waals surface area contributed by atoms with Gasteiger partial charge in [0.15, 0.2) is 0 Å². The summed E-state index contributed by atoms with van der Waals surface area (Å²) in [6.45, 7) is 2.89. The Morgan fingerprint density at radius 2 is 1.86 bits per heavy atom. The number of carbonyl (C=O) groups excluding carboxylic acids is 1. The molecule has 4 aliphatic rings. The molecule has 4 aliphatic heterocycles. The highest BCUT2D eigenvalue weighted by Gasteiger charge is 2.54. The van der Waals surface area contributed by atoms with E-state index in [9.17, 15) is 9.90 Å². The quantitative estimate of drug-likeness (QED) is 0.703. The van der Waals surface area contributed by atoms with Crippen LogP contribution < -0.4 is 0 Å². The maximum atomic E-state index is 13.6. The summed E-state index contributed by atoms with van der Waals surface area (Å²) in [7, 11) is 0. The van der Waals surface area contributed by atoms with Crippen LogP contribution in [0.2, 0.25) is 0 Å². The first-order valence-electron chi connectivity index (χ1n) is 10.3. The van der Waals surface area contributed by atoms with Crippen LogP contribution >= 0.6 is 0 Å². The number of H-pyrrole nitrogens is 1. The first-order valence-corrected chi connectivity index (χ1v) is 10.3. The summed E-state index contributed by atoms with van der Waals surface area (Å²) in [4.78, 5) is 18.2. The molecular formula is C22H23N5O2. The second-order valence-electron chi connectivity index (χ2n) is 8.54. The number of piperidine rings is 3. The van der Waals surface area contributed by atoms with Gasteiger partial charge in [-0.2, -0.15) is 15.4 Å². The zero-order chi connectivity index (χ0) is 19.5. The Morgan fingerprint density at radius 1 is 1.03 bits per heavy atom. The molecule has 0 aliphatic carbocycles. The largest absolute Gasteiger partial charge is 0.508 e. The smallest absolute Gasteiger partial charge is 0.254 e. The number of nitrogens with one attached hydrogen (secondary N) is 1. The molecule has 5 heterocycles. The van der Waals surface area contributed by atoms with Gasteiger partial charge < -0.3 is 10.0 Å². The molecule has 29 heavy (non-hydrogen) atoms. The van der Waals surface area contributed by atoms with Crippen LogP contribution in [-0.4, -0.2) is 67.9 Å². The van der Waals surface area contributed by atoms with Gasteiger partial charge in [-0.3, -0.25) is 9.69 Å². The third-order valence-corrected chi connectivity index (χ3v) is 7.12. The molecule has 2 N–H and O–H groups in total. The minimum Gasteiger partial charge on any atom is -0.508 e. The van der Waals surface area contributed by atoms with Crippen LogP contribution in [0.15, 0.2) is 42.5 Å². The van der Waals surface area contributed by atoms with Crippen LogP contribution in [0, 0.1) is 5.92 Å². The summed E-state index contributed by atoms with van der Waals surface area (Å²) in [5, 5.41) is 20.9. The normalized spacial score (nSPS) is 30.6. The summed E-state index contributed by atoms with van der Waals surface area (Å²) in [5.41, 5.74) is 3.26. The second-order valence-corrected chi connectivity index (χ2v) is 8.54. The molecule has 3 aromatic rings. The summed E-state index contributed by atoms with van der Waals surface area (Å²) >= 11 is 0. The summed E-state index contributed by atoms with van der Waals surface area (Å²) < 4.78 is 0. The van der Waals surface area contributed by atoms with Gasteiger partial charge in [0, 0.05) is 24.1 Å². The zero-order valence-corrected chi connectivity index (χ0v) is 16.0. The van der Waals surface area contributed by atoms with Gasteiger partial charge in [-0.15, -0.1) is 0 Å². The lowest BCUT2D eigenvalue weighted by Crippen LogP contribution is -2.60. The van der Waals surface area contributed by atoms with E-state index in [-0.39, 0.29) is 23.6 Å². The van der Waals surface area contributed by atoms with Crippen molar-refractivity contribution >= 4 is 16.9 Å². The topological polar surface area (TPSA) is 85.3 Å². The number of hydrogen-bond acceptors (Lipinski definition) is 5. The van der Waals surface area contributed by atoms with Crippen molar-refractivity contribution in [1.82, 2.24) is 25.2 Å². The number of hydrogen-bond donors (Lipinski definition) is 2. The molecule has 3 atom stereocenters. The fourth-order valence-electron chi connectivity index (χ4n) is 5.84. The predicted octanol–water partition coefficient (Wildman–Crippen LogP) is 2.37. The minimum absolute atomic E-state index is 0.0707. The monoisotopic (exact) mass is 389 g/mol. The van der Waals surface area contributed by atoms with E-state index in [0.717, 1.165) is 37.0 Å². The average molecular weight is 389 g/mol. The van der Waals surface area contributed by atoms with Crippen molar-refractivity contribution in [3.05, 3.63) is 53.6 Å². The SMILES string of the molecule is O=C(c1ccc2n[nH]nc2c1)N1C[C@@H](c2cccc(O)c2)[C@@H]2[C@H]1C1CCN2CC1. The molecule has 7 heteroatoms. The summed E-state index contributed by atoms with van der Waals surface area (Å²) in [5.74, 6) is 1.12. The number of nitrogens with zero attached hydrogens (tertiary/aromatic N) is 4. The van der Waals surface area contributed by atoms with Crippen molar-refractivity contribution in [3.8, 4) is 5.75 Å². The van der Waals surface area contributed by atoms with Crippen LogP contribution in [0.25, 0.3) is 11.0 Å². The second kappa shape index (κ2) is 6.29. The number of benzene rings is 2. The third-order valence-electron chi connectivity index (χ3n) is 7.12. The predicted molar refractivity (Wildman–Crippen MR) is 108 cm³/mol. The molecule has 0 unspecified atom stereocenters. The molecule has 0 radical (unpaired) electrons. The lowest BCUT2D eigenvalue weighted by atomic mass is 9.75. The van der Waals surface area contributed by atoms with Crippen molar-refractivity contribution < 1.29 is 9.90 Å². The Balaban J connectivity index is 1.39. The lowest BCUT2D eigenvalue weighted by Gasteiger charge is -2.51. The lowest BCUT2D eigenvalue weighted by molar-refractivity contribution is -0.00341. The van der Waals surface area contributed by atoms with E-state index in [2.05, 4.69) is 31.3 Å². The highest BCUT2D eigenvalue weighted by molar-refractivity contribution is 5.97. The van der Waals surface area contributed by atoms with E-state index in [1.165, 1.54) is 0 Å². The highest BCUT2D eigenvalue weighted by atomic mass is 16.3. The molecule has 2 bridgehead atoms. The first-order chi connectivity index (χ1) is 14.2. The fourth-order valence-corrected chi connectivity index (χ4v) is 5.84. The van der Waals surface area contributed by atoms with E-state index in [1.54, 1.807) is 6.07 Å². The Labute approximate surface area is 168 Å². The van der Waals surface area contributed by atoms with E-state index in [4.69, 9.17) is 0 Å². The van der Waals surface area contributed by atoms with E-state index < -0.39 is 0 Å². The third kappa shape index (κ3) is 2.57. The van der Waals surface area contributed by atoms with Crippen LogP contribution in [0.4, 0.5) is 0 Å². The molecule has 148 valence electrons. The van der Waals surface area contributed by atoms with Gasteiger partial charge in [0.2, 0.25) is 0 Å². The summed E-state index contributed by atoms with van der Waals surface area (Å²) in [6, 6.07) is 13.6. The maximum Gasteiger partial charge on any atom is 0.254 e. The van der Waals surface area contributed by atoms with Crippen LogP contribution in [0.1, 0.15) is 34.7 Å². The van der Waals surface area contributed by atoms with Gasteiger partial charge in [-0.1, -0.05) is 12.1 Å².